The summed E-state index contributed by atoms with van der Waals surface area (Å²) in [5.74, 6) is -0.272. The third kappa shape index (κ3) is 4.38. The highest BCUT2D eigenvalue weighted by Gasteiger charge is 2.35. The molecule has 2 aromatic heterocycles. The van der Waals surface area contributed by atoms with E-state index in [1.165, 1.54) is 7.05 Å². The number of aliphatic hydroxyl groups is 1. The fourth-order valence-corrected chi connectivity index (χ4v) is 2.14. The zero-order chi connectivity index (χ0) is 18.8. The van der Waals surface area contributed by atoms with E-state index in [4.69, 9.17) is 0 Å². The van der Waals surface area contributed by atoms with Gasteiger partial charge in [-0.2, -0.15) is 23.3 Å². The van der Waals surface area contributed by atoms with E-state index >= 15 is 0 Å². The maximum atomic E-state index is 12.9. The number of nitrogens with zero attached hydrogens (tertiary/aromatic N) is 4. The van der Waals surface area contributed by atoms with Crippen LogP contribution >= 0.6 is 0 Å². The van der Waals surface area contributed by atoms with Gasteiger partial charge in [-0.1, -0.05) is 6.92 Å². The Labute approximate surface area is 143 Å². The summed E-state index contributed by atoms with van der Waals surface area (Å²) in [4.78, 5) is 7.59. The summed E-state index contributed by atoms with van der Waals surface area (Å²) in [7, 11) is 1.36. The van der Waals surface area contributed by atoms with Gasteiger partial charge < -0.3 is 15.7 Å². The highest BCUT2D eigenvalue weighted by atomic mass is 19.4. The zero-order valence-electron chi connectivity index (χ0n) is 14.4. The number of nitrogens with one attached hydrogen (secondary N) is 2. The molecule has 7 nitrogen and oxygen atoms in total. The second-order valence-corrected chi connectivity index (χ2v) is 5.87. The molecule has 0 saturated carbocycles. The summed E-state index contributed by atoms with van der Waals surface area (Å²) in [5.41, 5.74) is 0.417. The molecule has 2 unspecified atom stereocenters. The normalized spacial score (nSPS) is 14.2. The predicted molar refractivity (Wildman–Crippen MR) is 87.7 cm³/mol. The van der Waals surface area contributed by atoms with Crippen molar-refractivity contribution in [3.8, 4) is 0 Å². The molecule has 0 aliphatic rings. The van der Waals surface area contributed by atoms with Gasteiger partial charge in [-0.3, -0.25) is 4.68 Å². The van der Waals surface area contributed by atoms with E-state index in [-0.39, 0.29) is 17.7 Å². The summed E-state index contributed by atoms with van der Waals surface area (Å²) in [5, 5.41) is 19.1. The van der Waals surface area contributed by atoms with Crippen LogP contribution in [0.5, 0.6) is 0 Å². The average molecular weight is 358 g/mol. The van der Waals surface area contributed by atoms with Crippen molar-refractivity contribution in [3.05, 3.63) is 23.7 Å². The quantitative estimate of drug-likeness (QED) is 0.736. The first-order chi connectivity index (χ1) is 11.6. The Morgan fingerprint density at radius 3 is 2.52 bits per heavy atom. The van der Waals surface area contributed by atoms with Crippen LogP contribution < -0.4 is 10.6 Å². The topological polar surface area (TPSA) is 87.9 Å². The Morgan fingerprint density at radius 2 is 1.96 bits per heavy atom. The molecule has 2 heterocycles. The van der Waals surface area contributed by atoms with Crippen LogP contribution in [0.4, 0.5) is 30.6 Å². The van der Waals surface area contributed by atoms with Crippen molar-refractivity contribution >= 4 is 17.5 Å². The number of halogens is 3. The van der Waals surface area contributed by atoms with Gasteiger partial charge in [0.2, 0.25) is 5.95 Å². The molecule has 10 heteroatoms. The number of alkyl halides is 3. The van der Waals surface area contributed by atoms with E-state index in [2.05, 4.69) is 25.7 Å². The minimum Gasteiger partial charge on any atom is -0.393 e. The Hall–Kier alpha value is -2.36. The van der Waals surface area contributed by atoms with Crippen molar-refractivity contribution in [2.75, 3.05) is 17.7 Å². The Morgan fingerprint density at radius 1 is 1.28 bits per heavy atom. The van der Waals surface area contributed by atoms with Gasteiger partial charge in [0, 0.05) is 25.7 Å². The number of aliphatic hydroxyl groups excluding tert-OH is 1. The van der Waals surface area contributed by atoms with Crippen LogP contribution in [0, 0.1) is 12.8 Å². The van der Waals surface area contributed by atoms with E-state index in [9.17, 15) is 18.3 Å². The van der Waals surface area contributed by atoms with E-state index in [0.29, 0.717) is 12.2 Å². The first-order valence-electron chi connectivity index (χ1n) is 7.73. The molecule has 0 aromatic carbocycles. The van der Waals surface area contributed by atoms with Crippen LogP contribution in [0.25, 0.3) is 0 Å². The van der Waals surface area contributed by atoms with E-state index in [1.54, 1.807) is 17.8 Å². The SMILES string of the molecule is CNc1nc(Nc2cnn(CC(C)C(C)O)c2C)ncc1C(F)(F)F. The van der Waals surface area contributed by atoms with Gasteiger partial charge in [0.15, 0.2) is 0 Å². The minimum absolute atomic E-state index is 0.00432. The molecule has 2 rings (SSSR count). The highest BCUT2D eigenvalue weighted by Crippen LogP contribution is 2.33. The van der Waals surface area contributed by atoms with Gasteiger partial charge in [0.1, 0.15) is 11.4 Å². The number of hydrogen-bond donors (Lipinski definition) is 3. The lowest BCUT2D eigenvalue weighted by atomic mass is 10.1. The molecule has 0 spiro atoms. The van der Waals surface area contributed by atoms with Crippen LogP contribution in [-0.4, -0.2) is 38.0 Å². The second kappa shape index (κ2) is 7.26. The molecule has 2 aromatic rings. The molecule has 0 aliphatic carbocycles. The molecule has 0 saturated heterocycles. The lowest BCUT2D eigenvalue weighted by Gasteiger charge is -2.16. The van der Waals surface area contributed by atoms with Gasteiger partial charge >= 0.3 is 6.18 Å². The van der Waals surface area contributed by atoms with Gasteiger partial charge in [-0.05, 0) is 13.8 Å². The molecule has 0 amide bonds. The third-order valence-electron chi connectivity index (χ3n) is 3.97. The monoisotopic (exact) mass is 358 g/mol. The van der Waals surface area contributed by atoms with Crippen molar-refractivity contribution in [1.82, 2.24) is 19.7 Å². The highest BCUT2D eigenvalue weighted by molar-refractivity contribution is 5.57. The van der Waals surface area contributed by atoms with Gasteiger partial charge in [-0.15, -0.1) is 0 Å². The Balaban J connectivity index is 2.22. The summed E-state index contributed by atoms with van der Waals surface area (Å²) in [6, 6.07) is 0. The molecule has 0 radical (unpaired) electrons. The van der Waals surface area contributed by atoms with Crippen molar-refractivity contribution in [3.63, 3.8) is 0 Å². The van der Waals surface area contributed by atoms with Gasteiger partial charge in [-0.25, -0.2) is 4.98 Å². The predicted octanol–water partition coefficient (Wildman–Crippen LogP) is 2.80. The molecule has 0 bridgehead atoms. The van der Waals surface area contributed by atoms with E-state index in [0.717, 1.165) is 11.9 Å². The summed E-state index contributed by atoms with van der Waals surface area (Å²) in [6.45, 7) is 5.93. The summed E-state index contributed by atoms with van der Waals surface area (Å²) in [6.07, 6.45) is -2.73. The minimum atomic E-state index is -4.53. The average Bonchev–Trinajstić information content (AvgIpc) is 2.86. The molecular formula is C15H21F3N6O. The van der Waals surface area contributed by atoms with Crippen molar-refractivity contribution in [2.45, 2.75) is 39.6 Å². The van der Waals surface area contributed by atoms with Crippen molar-refractivity contribution in [1.29, 1.82) is 0 Å². The Bertz CT molecular complexity index is 729. The lowest BCUT2D eigenvalue weighted by molar-refractivity contribution is -0.137. The first kappa shape index (κ1) is 19.0. The maximum absolute atomic E-state index is 12.9. The second-order valence-electron chi connectivity index (χ2n) is 5.87. The number of aromatic nitrogens is 4. The van der Waals surface area contributed by atoms with E-state index in [1.807, 2.05) is 13.8 Å². The Kier molecular flexibility index (Phi) is 5.51. The largest absolute Gasteiger partial charge is 0.421 e. The van der Waals surface area contributed by atoms with E-state index < -0.39 is 17.8 Å². The molecular weight excluding hydrogens is 337 g/mol. The lowest BCUT2D eigenvalue weighted by Crippen LogP contribution is -2.20. The fraction of sp³-hybridized carbons (Fsp3) is 0.533. The standard InChI is InChI=1S/C15H21F3N6O/c1-8(10(3)25)7-24-9(2)12(6-21-24)22-14-20-5-11(15(16,17)18)13(19-4)23-14/h5-6,8,10,25H,7H2,1-4H3,(H2,19,20,22,23). The molecule has 2 atom stereocenters. The van der Waals surface area contributed by atoms with Gasteiger partial charge in [0.05, 0.1) is 23.7 Å². The molecule has 138 valence electrons. The molecule has 25 heavy (non-hydrogen) atoms. The van der Waals surface area contributed by atoms with Crippen LogP contribution in [0.2, 0.25) is 0 Å². The number of anilines is 3. The third-order valence-corrected chi connectivity index (χ3v) is 3.97. The van der Waals surface area contributed by atoms with Gasteiger partial charge in [0.25, 0.3) is 0 Å². The number of rotatable bonds is 6. The summed E-state index contributed by atoms with van der Waals surface area (Å²) < 4.78 is 40.3. The van der Waals surface area contributed by atoms with Crippen LogP contribution in [0.15, 0.2) is 12.4 Å². The fourth-order valence-electron chi connectivity index (χ4n) is 2.14. The molecule has 3 N–H and O–H groups in total. The zero-order valence-corrected chi connectivity index (χ0v) is 14.4. The molecule has 0 aliphatic heterocycles. The van der Waals surface area contributed by atoms with Crippen molar-refractivity contribution < 1.29 is 18.3 Å². The van der Waals surface area contributed by atoms with Crippen LogP contribution in [0.1, 0.15) is 25.1 Å². The van der Waals surface area contributed by atoms with Crippen LogP contribution in [-0.2, 0) is 12.7 Å². The summed E-state index contributed by atoms with van der Waals surface area (Å²) >= 11 is 0. The number of hydrogen-bond acceptors (Lipinski definition) is 6. The smallest absolute Gasteiger partial charge is 0.393 e. The molecule has 0 fully saturated rings. The maximum Gasteiger partial charge on any atom is 0.421 e. The first-order valence-corrected chi connectivity index (χ1v) is 7.73. The van der Waals surface area contributed by atoms with Crippen LogP contribution in [0.3, 0.4) is 0 Å². The van der Waals surface area contributed by atoms with Crippen molar-refractivity contribution in [2.24, 2.45) is 5.92 Å².